The lowest BCUT2D eigenvalue weighted by molar-refractivity contribution is -0.142. The van der Waals surface area contributed by atoms with Gasteiger partial charge in [-0.3, -0.25) is 4.79 Å². The van der Waals surface area contributed by atoms with Crippen molar-refractivity contribution in [2.75, 3.05) is 0 Å². The predicted octanol–water partition coefficient (Wildman–Crippen LogP) is 2.51. The highest BCUT2D eigenvalue weighted by Gasteiger charge is 2.29. The Kier molecular flexibility index (Phi) is 3.10. The van der Waals surface area contributed by atoms with Crippen LogP contribution in [0.25, 0.3) is 11.1 Å². The standard InChI is InChI=1S/C14H14N2O2/c1-14(2,13(17)18)12-5-3-10(4-6-12)11-7-15-9-16-8-11/h3-9H,1-2H3,(H,17,18). The minimum Gasteiger partial charge on any atom is -0.481 e. The first kappa shape index (κ1) is 12.2. The second kappa shape index (κ2) is 4.56. The number of aliphatic carboxylic acids is 1. The molecule has 0 bridgehead atoms. The number of rotatable bonds is 3. The third kappa shape index (κ3) is 2.22. The molecular weight excluding hydrogens is 228 g/mol. The monoisotopic (exact) mass is 242 g/mol. The molecule has 0 saturated heterocycles. The van der Waals surface area contributed by atoms with E-state index >= 15 is 0 Å². The third-order valence-corrected chi connectivity index (χ3v) is 3.04. The van der Waals surface area contributed by atoms with Crippen LogP contribution in [0.15, 0.2) is 43.0 Å². The molecular formula is C14H14N2O2. The molecule has 92 valence electrons. The fourth-order valence-electron chi connectivity index (χ4n) is 1.65. The summed E-state index contributed by atoms with van der Waals surface area (Å²) in [4.78, 5) is 19.1. The second-order valence-electron chi connectivity index (χ2n) is 4.63. The van der Waals surface area contributed by atoms with Crippen molar-refractivity contribution in [1.29, 1.82) is 0 Å². The Bertz CT molecular complexity index is 548. The summed E-state index contributed by atoms with van der Waals surface area (Å²) >= 11 is 0. The van der Waals surface area contributed by atoms with Crippen molar-refractivity contribution in [1.82, 2.24) is 9.97 Å². The fraction of sp³-hybridized carbons (Fsp3) is 0.214. The van der Waals surface area contributed by atoms with Crippen LogP contribution in [0.1, 0.15) is 19.4 Å². The van der Waals surface area contributed by atoms with E-state index in [4.69, 9.17) is 5.11 Å². The number of carbonyl (C=O) groups is 1. The molecule has 0 aliphatic carbocycles. The van der Waals surface area contributed by atoms with Gasteiger partial charge in [0.15, 0.2) is 0 Å². The average Bonchev–Trinajstić information content (AvgIpc) is 2.40. The van der Waals surface area contributed by atoms with Gasteiger partial charge in [-0.1, -0.05) is 24.3 Å². The van der Waals surface area contributed by atoms with Gasteiger partial charge in [-0.05, 0) is 25.0 Å². The van der Waals surface area contributed by atoms with Gasteiger partial charge >= 0.3 is 5.97 Å². The smallest absolute Gasteiger partial charge is 0.313 e. The van der Waals surface area contributed by atoms with Crippen LogP contribution in [0.5, 0.6) is 0 Å². The fourth-order valence-corrected chi connectivity index (χ4v) is 1.65. The summed E-state index contributed by atoms with van der Waals surface area (Å²) < 4.78 is 0. The van der Waals surface area contributed by atoms with E-state index in [1.54, 1.807) is 26.2 Å². The Labute approximate surface area is 105 Å². The molecule has 1 aromatic carbocycles. The van der Waals surface area contributed by atoms with Gasteiger partial charge in [0.2, 0.25) is 0 Å². The van der Waals surface area contributed by atoms with Crippen LogP contribution >= 0.6 is 0 Å². The van der Waals surface area contributed by atoms with Crippen LogP contribution in [0.4, 0.5) is 0 Å². The molecule has 0 aliphatic heterocycles. The van der Waals surface area contributed by atoms with Gasteiger partial charge < -0.3 is 5.11 Å². The van der Waals surface area contributed by atoms with Crippen molar-refractivity contribution in [2.45, 2.75) is 19.3 Å². The van der Waals surface area contributed by atoms with E-state index in [-0.39, 0.29) is 0 Å². The molecule has 2 rings (SSSR count). The number of aromatic nitrogens is 2. The molecule has 0 saturated carbocycles. The van der Waals surface area contributed by atoms with Crippen molar-refractivity contribution in [3.8, 4) is 11.1 Å². The van der Waals surface area contributed by atoms with Gasteiger partial charge in [0, 0.05) is 18.0 Å². The number of benzene rings is 1. The van der Waals surface area contributed by atoms with Crippen molar-refractivity contribution < 1.29 is 9.90 Å². The molecule has 0 atom stereocenters. The number of nitrogens with zero attached hydrogens (tertiary/aromatic N) is 2. The minimum atomic E-state index is -0.883. The highest BCUT2D eigenvalue weighted by atomic mass is 16.4. The Hall–Kier alpha value is -2.23. The normalized spacial score (nSPS) is 11.2. The van der Waals surface area contributed by atoms with Crippen LogP contribution in [-0.2, 0) is 10.2 Å². The molecule has 0 aliphatic rings. The molecule has 18 heavy (non-hydrogen) atoms. The van der Waals surface area contributed by atoms with E-state index in [9.17, 15) is 4.79 Å². The van der Waals surface area contributed by atoms with Crippen LogP contribution in [0, 0.1) is 0 Å². The molecule has 1 N–H and O–H groups in total. The highest BCUT2D eigenvalue weighted by Crippen LogP contribution is 2.26. The SMILES string of the molecule is CC(C)(C(=O)O)c1ccc(-c2cncnc2)cc1. The first-order chi connectivity index (χ1) is 8.51. The second-order valence-corrected chi connectivity index (χ2v) is 4.63. The lowest BCUT2D eigenvalue weighted by atomic mass is 9.84. The van der Waals surface area contributed by atoms with Crippen molar-refractivity contribution in [3.63, 3.8) is 0 Å². The largest absolute Gasteiger partial charge is 0.481 e. The van der Waals surface area contributed by atoms with Gasteiger partial charge in [-0.2, -0.15) is 0 Å². The maximum absolute atomic E-state index is 11.2. The van der Waals surface area contributed by atoms with Gasteiger partial charge in [0.1, 0.15) is 6.33 Å². The zero-order valence-electron chi connectivity index (χ0n) is 10.3. The van der Waals surface area contributed by atoms with E-state index in [0.717, 1.165) is 16.7 Å². The summed E-state index contributed by atoms with van der Waals surface area (Å²) in [6.45, 7) is 3.38. The molecule has 4 nitrogen and oxygen atoms in total. The lowest BCUT2D eigenvalue weighted by Gasteiger charge is -2.19. The third-order valence-electron chi connectivity index (χ3n) is 3.04. The van der Waals surface area contributed by atoms with Crippen LogP contribution in [-0.4, -0.2) is 21.0 Å². The Morgan fingerprint density at radius 1 is 1.06 bits per heavy atom. The van der Waals surface area contributed by atoms with E-state index in [0.29, 0.717) is 0 Å². The van der Waals surface area contributed by atoms with Gasteiger partial charge in [-0.25, -0.2) is 9.97 Å². The molecule has 0 amide bonds. The summed E-state index contributed by atoms with van der Waals surface area (Å²) in [6, 6.07) is 7.43. The average molecular weight is 242 g/mol. The van der Waals surface area contributed by atoms with Crippen LogP contribution in [0.2, 0.25) is 0 Å². The molecule has 0 spiro atoms. The van der Waals surface area contributed by atoms with Gasteiger partial charge in [0.05, 0.1) is 5.41 Å². The van der Waals surface area contributed by atoms with Crippen molar-refractivity contribution in [3.05, 3.63) is 48.5 Å². The first-order valence-corrected chi connectivity index (χ1v) is 5.61. The maximum atomic E-state index is 11.2. The Morgan fingerprint density at radius 3 is 2.11 bits per heavy atom. The summed E-state index contributed by atoms with van der Waals surface area (Å²) in [5.41, 5.74) is 1.78. The van der Waals surface area contributed by atoms with E-state index < -0.39 is 11.4 Å². The first-order valence-electron chi connectivity index (χ1n) is 5.61. The Balaban J connectivity index is 2.35. The molecule has 4 heteroatoms. The minimum absolute atomic E-state index is 0.774. The zero-order chi connectivity index (χ0) is 13.2. The molecule has 0 unspecified atom stereocenters. The number of carboxylic acid groups (broad SMARTS) is 1. The quantitative estimate of drug-likeness (QED) is 0.898. The van der Waals surface area contributed by atoms with Crippen LogP contribution < -0.4 is 0 Å². The predicted molar refractivity (Wildman–Crippen MR) is 68.1 cm³/mol. The van der Waals surface area contributed by atoms with Gasteiger partial charge in [0.25, 0.3) is 0 Å². The zero-order valence-corrected chi connectivity index (χ0v) is 10.3. The lowest BCUT2D eigenvalue weighted by Crippen LogP contribution is -2.28. The number of hydrogen-bond acceptors (Lipinski definition) is 3. The van der Waals surface area contributed by atoms with E-state index in [2.05, 4.69) is 9.97 Å². The van der Waals surface area contributed by atoms with E-state index in [1.165, 1.54) is 6.33 Å². The summed E-state index contributed by atoms with van der Waals surface area (Å²) in [5, 5.41) is 9.16. The molecule has 1 aromatic heterocycles. The topological polar surface area (TPSA) is 63.1 Å². The molecule has 1 heterocycles. The van der Waals surface area contributed by atoms with E-state index in [1.807, 2.05) is 24.3 Å². The molecule has 0 fully saturated rings. The maximum Gasteiger partial charge on any atom is 0.313 e. The Morgan fingerprint density at radius 2 is 1.61 bits per heavy atom. The van der Waals surface area contributed by atoms with Crippen LogP contribution in [0.3, 0.4) is 0 Å². The number of carboxylic acids is 1. The summed E-state index contributed by atoms with van der Waals surface area (Å²) in [6.07, 6.45) is 4.93. The van der Waals surface area contributed by atoms with Crippen molar-refractivity contribution >= 4 is 5.97 Å². The molecule has 0 radical (unpaired) electrons. The summed E-state index contributed by atoms with van der Waals surface area (Å²) in [5.74, 6) is -0.835. The molecule has 2 aromatic rings. The summed E-state index contributed by atoms with van der Waals surface area (Å²) in [7, 11) is 0. The number of hydrogen-bond donors (Lipinski definition) is 1. The highest BCUT2D eigenvalue weighted by molar-refractivity contribution is 5.80. The van der Waals surface area contributed by atoms with Gasteiger partial charge in [-0.15, -0.1) is 0 Å². The van der Waals surface area contributed by atoms with Crippen molar-refractivity contribution in [2.24, 2.45) is 0 Å².